The monoisotopic (exact) mass is 342 g/mol. The molecule has 1 unspecified atom stereocenters. The molecule has 2 rings (SSSR count). The largest absolute Gasteiger partial charge is 0.489 e. The average Bonchev–Trinajstić information content (AvgIpc) is 3.05. The van der Waals surface area contributed by atoms with Crippen LogP contribution < -0.4 is 10.1 Å². The zero-order chi connectivity index (χ0) is 18.4. The minimum atomic E-state index is -0.667. The van der Waals surface area contributed by atoms with Crippen molar-refractivity contribution in [3.63, 3.8) is 0 Å². The van der Waals surface area contributed by atoms with Crippen LogP contribution in [0.15, 0.2) is 41.0 Å². The number of rotatable bonds is 6. The molecule has 0 spiro atoms. The molecular weight excluding hydrogens is 320 g/mol. The number of hydrogen-bond donors (Lipinski definition) is 2. The summed E-state index contributed by atoms with van der Waals surface area (Å²) in [7, 11) is 0. The maximum Gasteiger partial charge on any atom is 0.287 e. The maximum absolute atomic E-state index is 12.3. The molecule has 1 aromatic carbocycles. The average molecular weight is 342 g/mol. The normalized spacial score (nSPS) is 12.3. The third kappa shape index (κ3) is 5.10. The quantitative estimate of drug-likeness (QED) is 0.841. The Hall–Kier alpha value is -2.78. The molecule has 0 saturated carbocycles. The Kier molecular flexibility index (Phi) is 5.84. The van der Waals surface area contributed by atoms with E-state index in [9.17, 15) is 9.90 Å². The predicted molar refractivity (Wildman–Crippen MR) is 92.0 cm³/mol. The van der Waals surface area contributed by atoms with Gasteiger partial charge in [0.2, 0.25) is 0 Å². The fourth-order valence-electron chi connectivity index (χ4n) is 2.04. The van der Waals surface area contributed by atoms with Gasteiger partial charge in [0.25, 0.3) is 5.91 Å². The number of carbonyl (C=O) groups excluding carboxylic acids is 1. The fourth-order valence-corrected chi connectivity index (χ4v) is 2.04. The molecule has 1 heterocycles. The van der Waals surface area contributed by atoms with Gasteiger partial charge in [-0.3, -0.25) is 4.79 Å². The SMILES string of the molecule is CC(C)(C)C(O)CNC(=O)c1occc1COc1cccc(C#N)c1. The molecule has 6 nitrogen and oxygen atoms in total. The van der Waals surface area contributed by atoms with Gasteiger partial charge in [-0.2, -0.15) is 5.26 Å². The number of nitriles is 1. The van der Waals surface area contributed by atoms with Gasteiger partial charge < -0.3 is 19.6 Å². The molecule has 0 saturated heterocycles. The number of carbonyl (C=O) groups is 1. The predicted octanol–water partition coefficient (Wildman–Crippen LogP) is 2.87. The molecule has 6 heteroatoms. The van der Waals surface area contributed by atoms with Crippen LogP contribution in [0.2, 0.25) is 0 Å². The number of benzene rings is 1. The van der Waals surface area contributed by atoms with E-state index in [0.29, 0.717) is 16.9 Å². The van der Waals surface area contributed by atoms with Crippen LogP contribution in [-0.4, -0.2) is 23.7 Å². The standard InChI is InChI=1S/C19H22N2O4/c1-19(2,3)16(22)11-21-18(23)17-14(7-8-24-17)12-25-15-6-4-5-13(9-15)10-20/h4-9,16,22H,11-12H2,1-3H3,(H,21,23). The van der Waals surface area contributed by atoms with E-state index in [4.69, 9.17) is 14.4 Å². The van der Waals surface area contributed by atoms with Crippen molar-refractivity contribution in [2.75, 3.05) is 6.54 Å². The Morgan fingerprint density at radius 2 is 2.16 bits per heavy atom. The molecule has 0 fully saturated rings. The summed E-state index contributed by atoms with van der Waals surface area (Å²) in [5.74, 6) is 0.282. The van der Waals surface area contributed by atoms with Gasteiger partial charge in [0.1, 0.15) is 12.4 Å². The van der Waals surface area contributed by atoms with Crippen LogP contribution in [0.1, 0.15) is 42.5 Å². The van der Waals surface area contributed by atoms with Crippen LogP contribution >= 0.6 is 0 Å². The summed E-state index contributed by atoms with van der Waals surface area (Å²) in [5, 5.41) is 21.6. The van der Waals surface area contributed by atoms with Gasteiger partial charge in [-0.05, 0) is 29.7 Å². The summed E-state index contributed by atoms with van der Waals surface area (Å²) in [6, 6.07) is 10.5. The molecule has 0 radical (unpaired) electrons. The summed E-state index contributed by atoms with van der Waals surface area (Å²) >= 11 is 0. The number of aliphatic hydroxyl groups excluding tert-OH is 1. The molecule has 0 aliphatic carbocycles. The molecule has 0 aliphatic heterocycles. The van der Waals surface area contributed by atoms with E-state index in [1.54, 1.807) is 30.3 Å². The van der Waals surface area contributed by atoms with Crippen molar-refractivity contribution in [2.45, 2.75) is 33.5 Å². The summed E-state index contributed by atoms with van der Waals surface area (Å²) in [5.41, 5.74) is 0.762. The number of hydrogen-bond acceptors (Lipinski definition) is 5. The highest BCUT2D eigenvalue weighted by atomic mass is 16.5. The third-order valence-corrected chi connectivity index (χ3v) is 3.77. The van der Waals surface area contributed by atoms with Crippen molar-refractivity contribution in [3.8, 4) is 11.8 Å². The van der Waals surface area contributed by atoms with E-state index in [1.807, 2.05) is 26.8 Å². The molecule has 132 valence electrons. The molecule has 1 atom stereocenters. The number of amides is 1. The molecule has 0 bridgehead atoms. The van der Waals surface area contributed by atoms with Gasteiger partial charge >= 0.3 is 0 Å². The number of aliphatic hydroxyl groups is 1. The second-order valence-electron chi connectivity index (χ2n) is 6.80. The fraction of sp³-hybridized carbons (Fsp3) is 0.368. The van der Waals surface area contributed by atoms with Crippen molar-refractivity contribution < 1.29 is 19.1 Å². The van der Waals surface area contributed by atoms with Crippen LogP contribution in [0, 0.1) is 16.7 Å². The lowest BCUT2D eigenvalue weighted by Crippen LogP contribution is -2.39. The highest BCUT2D eigenvalue weighted by molar-refractivity contribution is 5.92. The smallest absolute Gasteiger partial charge is 0.287 e. The molecule has 2 N–H and O–H groups in total. The van der Waals surface area contributed by atoms with Gasteiger partial charge in [0.15, 0.2) is 5.76 Å². The van der Waals surface area contributed by atoms with Crippen LogP contribution in [-0.2, 0) is 6.61 Å². The van der Waals surface area contributed by atoms with Gasteiger partial charge in [-0.1, -0.05) is 26.8 Å². The van der Waals surface area contributed by atoms with Crippen molar-refractivity contribution in [2.24, 2.45) is 5.41 Å². The summed E-state index contributed by atoms with van der Waals surface area (Å²) in [4.78, 5) is 12.3. The van der Waals surface area contributed by atoms with Crippen LogP contribution in [0.3, 0.4) is 0 Å². The summed E-state index contributed by atoms with van der Waals surface area (Å²) in [6.45, 7) is 5.95. The Morgan fingerprint density at radius 1 is 1.40 bits per heavy atom. The molecule has 1 amide bonds. The zero-order valence-electron chi connectivity index (χ0n) is 14.6. The molecule has 0 aliphatic rings. The first-order valence-corrected chi connectivity index (χ1v) is 7.97. The number of nitrogens with zero attached hydrogens (tertiary/aromatic N) is 1. The Bertz CT molecular complexity index is 768. The van der Waals surface area contributed by atoms with Crippen molar-refractivity contribution in [1.29, 1.82) is 5.26 Å². The van der Waals surface area contributed by atoms with E-state index >= 15 is 0 Å². The Morgan fingerprint density at radius 3 is 2.84 bits per heavy atom. The van der Waals surface area contributed by atoms with E-state index in [-0.39, 0.29) is 24.3 Å². The third-order valence-electron chi connectivity index (χ3n) is 3.77. The van der Waals surface area contributed by atoms with Crippen molar-refractivity contribution in [1.82, 2.24) is 5.32 Å². The van der Waals surface area contributed by atoms with E-state index in [0.717, 1.165) is 0 Å². The van der Waals surface area contributed by atoms with Gasteiger partial charge in [0.05, 0.1) is 24.0 Å². The van der Waals surface area contributed by atoms with Gasteiger partial charge in [-0.25, -0.2) is 0 Å². The topological polar surface area (TPSA) is 95.5 Å². The number of nitrogens with one attached hydrogen (secondary N) is 1. The number of ether oxygens (including phenoxy) is 1. The summed E-state index contributed by atoms with van der Waals surface area (Å²) < 4.78 is 10.9. The maximum atomic E-state index is 12.3. The highest BCUT2D eigenvalue weighted by Gasteiger charge is 2.24. The van der Waals surface area contributed by atoms with Crippen molar-refractivity contribution >= 4 is 5.91 Å². The molecular formula is C19H22N2O4. The van der Waals surface area contributed by atoms with E-state index in [1.165, 1.54) is 6.26 Å². The first kappa shape index (κ1) is 18.6. The first-order chi connectivity index (χ1) is 11.8. The zero-order valence-corrected chi connectivity index (χ0v) is 14.6. The van der Waals surface area contributed by atoms with Crippen molar-refractivity contribution in [3.05, 3.63) is 53.5 Å². The van der Waals surface area contributed by atoms with Crippen LogP contribution in [0.4, 0.5) is 0 Å². The van der Waals surface area contributed by atoms with E-state index < -0.39 is 12.0 Å². The second-order valence-corrected chi connectivity index (χ2v) is 6.80. The minimum absolute atomic E-state index is 0.132. The van der Waals surface area contributed by atoms with Gasteiger partial charge in [0, 0.05) is 12.1 Å². The lowest BCUT2D eigenvalue weighted by molar-refractivity contribution is 0.0578. The van der Waals surface area contributed by atoms with E-state index in [2.05, 4.69) is 5.32 Å². The lowest BCUT2D eigenvalue weighted by Gasteiger charge is -2.25. The Labute approximate surface area is 147 Å². The minimum Gasteiger partial charge on any atom is -0.489 e. The first-order valence-electron chi connectivity index (χ1n) is 7.97. The highest BCUT2D eigenvalue weighted by Crippen LogP contribution is 2.19. The number of furan rings is 1. The van der Waals surface area contributed by atoms with Crippen LogP contribution in [0.5, 0.6) is 5.75 Å². The molecule has 25 heavy (non-hydrogen) atoms. The molecule has 2 aromatic rings. The van der Waals surface area contributed by atoms with Gasteiger partial charge in [-0.15, -0.1) is 0 Å². The summed E-state index contributed by atoms with van der Waals surface area (Å²) in [6.07, 6.45) is 0.749. The lowest BCUT2D eigenvalue weighted by atomic mass is 9.89. The van der Waals surface area contributed by atoms with Crippen LogP contribution in [0.25, 0.3) is 0 Å². The molecule has 1 aromatic heterocycles. The Balaban J connectivity index is 1.97. The second kappa shape index (κ2) is 7.86.